The molecule has 0 N–H and O–H groups in total. The van der Waals surface area contributed by atoms with Crippen LogP contribution in [0.1, 0.15) is 60.9 Å². The van der Waals surface area contributed by atoms with Crippen LogP contribution in [0, 0.1) is 6.92 Å². The number of nitrogens with zero attached hydrogens (tertiary/aromatic N) is 3. The standard InChI is InChI=1S/C29H30ClN3O2/c1-4-5-12-19-32(28(34)22-14-7-6-13-20(22)2)21(3)27-31-25-17-10-8-15-23(25)29(35)33(27)26-18-11-9-16-24(26)30/h6-11,13-18,21H,4-5,12,19H2,1-3H3. The maximum atomic E-state index is 13.8. The van der Waals surface area contributed by atoms with Crippen LogP contribution in [0.2, 0.25) is 5.02 Å². The molecule has 0 saturated carbocycles. The topological polar surface area (TPSA) is 55.2 Å². The molecule has 180 valence electrons. The molecule has 0 radical (unpaired) electrons. The summed E-state index contributed by atoms with van der Waals surface area (Å²) in [5.41, 5.74) is 2.52. The number of fused-ring (bicyclic) bond motifs is 1. The molecular weight excluding hydrogens is 458 g/mol. The van der Waals surface area contributed by atoms with E-state index in [9.17, 15) is 9.59 Å². The number of carbonyl (C=O) groups excluding carboxylic acids is 1. The van der Waals surface area contributed by atoms with E-state index in [0.29, 0.717) is 39.5 Å². The fourth-order valence-corrected chi connectivity index (χ4v) is 4.63. The van der Waals surface area contributed by atoms with Gasteiger partial charge in [-0.25, -0.2) is 4.98 Å². The Morgan fingerprint density at radius 1 is 1.00 bits per heavy atom. The molecule has 1 aromatic heterocycles. The average Bonchev–Trinajstić information content (AvgIpc) is 2.87. The summed E-state index contributed by atoms with van der Waals surface area (Å²) in [4.78, 5) is 34.3. The Morgan fingerprint density at radius 2 is 1.69 bits per heavy atom. The van der Waals surface area contributed by atoms with Crippen LogP contribution >= 0.6 is 11.6 Å². The van der Waals surface area contributed by atoms with Crippen molar-refractivity contribution in [2.75, 3.05) is 6.54 Å². The van der Waals surface area contributed by atoms with Crippen LogP contribution in [0.5, 0.6) is 0 Å². The summed E-state index contributed by atoms with van der Waals surface area (Å²) in [6, 6.07) is 21.6. The Labute approximate surface area is 211 Å². The van der Waals surface area contributed by atoms with Crippen LogP contribution in [-0.4, -0.2) is 26.9 Å². The molecule has 1 unspecified atom stereocenters. The van der Waals surface area contributed by atoms with Crippen molar-refractivity contribution in [3.05, 3.63) is 105 Å². The van der Waals surface area contributed by atoms with E-state index in [1.807, 2.05) is 73.3 Å². The first-order valence-electron chi connectivity index (χ1n) is 12.1. The Hall–Kier alpha value is -3.44. The second-order valence-corrected chi connectivity index (χ2v) is 9.18. The van der Waals surface area contributed by atoms with E-state index in [1.54, 1.807) is 22.8 Å². The first-order chi connectivity index (χ1) is 16.9. The number of benzene rings is 3. The molecule has 1 atom stereocenters. The van der Waals surface area contributed by atoms with Crippen molar-refractivity contribution in [3.63, 3.8) is 0 Å². The number of para-hydroxylation sites is 2. The smallest absolute Gasteiger partial charge is 0.266 e. The van der Waals surface area contributed by atoms with Gasteiger partial charge in [0.2, 0.25) is 0 Å². The molecule has 0 spiro atoms. The molecule has 0 bridgehead atoms. The second-order valence-electron chi connectivity index (χ2n) is 8.78. The quantitative estimate of drug-likeness (QED) is 0.258. The molecule has 1 heterocycles. The Bertz CT molecular complexity index is 1410. The lowest BCUT2D eigenvalue weighted by molar-refractivity contribution is 0.0676. The lowest BCUT2D eigenvalue weighted by Gasteiger charge is -2.31. The van der Waals surface area contributed by atoms with Gasteiger partial charge in [0, 0.05) is 12.1 Å². The van der Waals surface area contributed by atoms with Gasteiger partial charge in [0.05, 0.1) is 27.7 Å². The van der Waals surface area contributed by atoms with Crippen molar-refractivity contribution in [1.29, 1.82) is 0 Å². The van der Waals surface area contributed by atoms with E-state index >= 15 is 0 Å². The average molecular weight is 488 g/mol. The molecular formula is C29H30ClN3O2. The summed E-state index contributed by atoms with van der Waals surface area (Å²) in [7, 11) is 0. The van der Waals surface area contributed by atoms with Crippen molar-refractivity contribution >= 4 is 28.4 Å². The van der Waals surface area contributed by atoms with E-state index in [2.05, 4.69) is 6.92 Å². The number of carbonyl (C=O) groups is 1. The van der Waals surface area contributed by atoms with Crippen molar-refractivity contribution in [2.24, 2.45) is 0 Å². The monoisotopic (exact) mass is 487 g/mol. The first-order valence-corrected chi connectivity index (χ1v) is 12.4. The van der Waals surface area contributed by atoms with Crippen LogP contribution in [0.4, 0.5) is 0 Å². The molecule has 4 rings (SSSR count). The van der Waals surface area contributed by atoms with Gasteiger partial charge in [-0.05, 0) is 56.2 Å². The van der Waals surface area contributed by atoms with Gasteiger partial charge in [0.1, 0.15) is 5.82 Å². The molecule has 0 saturated heterocycles. The highest BCUT2D eigenvalue weighted by atomic mass is 35.5. The molecule has 1 amide bonds. The maximum absolute atomic E-state index is 13.8. The van der Waals surface area contributed by atoms with Crippen LogP contribution < -0.4 is 5.56 Å². The summed E-state index contributed by atoms with van der Waals surface area (Å²) >= 11 is 6.55. The van der Waals surface area contributed by atoms with Crippen LogP contribution in [0.3, 0.4) is 0 Å². The lowest BCUT2D eigenvalue weighted by atomic mass is 10.1. The predicted octanol–water partition coefficient (Wildman–Crippen LogP) is 6.74. The highest BCUT2D eigenvalue weighted by Crippen LogP contribution is 2.28. The largest absolute Gasteiger partial charge is 0.329 e. The summed E-state index contributed by atoms with van der Waals surface area (Å²) in [5.74, 6) is 0.417. The third kappa shape index (κ3) is 5.01. The van der Waals surface area contributed by atoms with Crippen molar-refractivity contribution < 1.29 is 4.79 Å². The summed E-state index contributed by atoms with van der Waals surface area (Å²) < 4.78 is 1.56. The molecule has 0 aliphatic carbocycles. The number of amides is 1. The minimum absolute atomic E-state index is 0.0696. The zero-order chi connectivity index (χ0) is 24.9. The number of aryl methyl sites for hydroxylation is 1. The summed E-state index contributed by atoms with van der Waals surface area (Å²) in [6.45, 7) is 6.58. The number of halogens is 1. The highest BCUT2D eigenvalue weighted by Gasteiger charge is 2.28. The van der Waals surface area contributed by atoms with Gasteiger partial charge < -0.3 is 4.90 Å². The van der Waals surface area contributed by atoms with Crippen LogP contribution in [0.25, 0.3) is 16.6 Å². The minimum Gasteiger partial charge on any atom is -0.329 e. The second kappa shape index (κ2) is 10.9. The molecule has 0 aliphatic rings. The Morgan fingerprint density at radius 3 is 2.43 bits per heavy atom. The van der Waals surface area contributed by atoms with E-state index in [-0.39, 0.29) is 11.5 Å². The third-order valence-corrected chi connectivity index (χ3v) is 6.69. The summed E-state index contributed by atoms with van der Waals surface area (Å²) in [6.07, 6.45) is 2.91. The van der Waals surface area contributed by atoms with E-state index in [0.717, 1.165) is 24.8 Å². The van der Waals surface area contributed by atoms with Gasteiger partial charge in [-0.2, -0.15) is 0 Å². The summed E-state index contributed by atoms with van der Waals surface area (Å²) in [5, 5.41) is 0.953. The molecule has 0 aliphatic heterocycles. The third-order valence-electron chi connectivity index (χ3n) is 6.38. The van der Waals surface area contributed by atoms with Gasteiger partial charge >= 0.3 is 0 Å². The number of hydrogen-bond acceptors (Lipinski definition) is 3. The van der Waals surface area contributed by atoms with Gasteiger partial charge in [0.25, 0.3) is 11.5 Å². The van der Waals surface area contributed by atoms with Gasteiger partial charge in [-0.15, -0.1) is 0 Å². The molecule has 35 heavy (non-hydrogen) atoms. The maximum Gasteiger partial charge on any atom is 0.266 e. The Kier molecular flexibility index (Phi) is 7.67. The fraction of sp³-hybridized carbons (Fsp3) is 0.276. The molecule has 5 nitrogen and oxygen atoms in total. The molecule has 0 fully saturated rings. The molecule has 4 aromatic rings. The minimum atomic E-state index is -0.465. The fourth-order valence-electron chi connectivity index (χ4n) is 4.41. The number of hydrogen-bond donors (Lipinski definition) is 0. The number of rotatable bonds is 8. The zero-order valence-corrected chi connectivity index (χ0v) is 21.1. The van der Waals surface area contributed by atoms with Gasteiger partial charge in [-0.3, -0.25) is 14.2 Å². The highest BCUT2D eigenvalue weighted by molar-refractivity contribution is 6.32. The predicted molar refractivity (Wildman–Crippen MR) is 143 cm³/mol. The van der Waals surface area contributed by atoms with E-state index in [4.69, 9.17) is 16.6 Å². The van der Waals surface area contributed by atoms with E-state index < -0.39 is 6.04 Å². The SMILES string of the molecule is CCCCCN(C(=O)c1ccccc1C)C(C)c1nc2ccccc2c(=O)n1-c1ccccc1Cl. The lowest BCUT2D eigenvalue weighted by Crippen LogP contribution is -2.38. The molecule has 3 aromatic carbocycles. The number of unbranched alkanes of at least 4 members (excludes halogenated alkanes) is 2. The van der Waals surface area contributed by atoms with Crippen LogP contribution in [0.15, 0.2) is 77.6 Å². The van der Waals surface area contributed by atoms with Gasteiger partial charge in [-0.1, -0.05) is 73.8 Å². The van der Waals surface area contributed by atoms with Crippen LogP contribution in [-0.2, 0) is 0 Å². The number of aromatic nitrogens is 2. The van der Waals surface area contributed by atoms with E-state index in [1.165, 1.54) is 0 Å². The van der Waals surface area contributed by atoms with Gasteiger partial charge in [0.15, 0.2) is 0 Å². The Balaban J connectivity index is 1.91. The normalized spacial score (nSPS) is 12.0. The van der Waals surface area contributed by atoms with Crippen molar-refractivity contribution in [2.45, 2.75) is 46.1 Å². The van der Waals surface area contributed by atoms with Crippen molar-refractivity contribution in [1.82, 2.24) is 14.5 Å². The molecule has 6 heteroatoms. The van der Waals surface area contributed by atoms with Crippen molar-refractivity contribution in [3.8, 4) is 5.69 Å². The first kappa shape index (κ1) is 24.7. The zero-order valence-electron chi connectivity index (χ0n) is 20.4.